The van der Waals surface area contributed by atoms with Gasteiger partial charge in [-0.2, -0.15) is 0 Å². The molecule has 3 rings (SSSR count). The van der Waals surface area contributed by atoms with E-state index in [1.165, 1.54) is 89.0 Å². The molecule has 7 heteroatoms. The lowest BCUT2D eigenvalue weighted by molar-refractivity contribution is 0.0373. The number of hydrogen-bond donors (Lipinski definition) is 3. The normalized spacial score (nSPS) is 15.3. The number of aliphatic hydroxyl groups excluding tert-OH is 1. The first-order chi connectivity index (χ1) is 18.2. The van der Waals surface area contributed by atoms with E-state index in [1.807, 2.05) is 0 Å². The third-order valence-corrected chi connectivity index (χ3v) is 8.26. The number of unbranched alkanes of at least 4 members (excludes halogenated alkanes) is 9. The SMILES string of the molecule is C[C@H]([C@H](O)c1ccc(NCCCCCCCCCCCCN)cc1)N1CCC(Cc2ccccc2)CC1.Cl.Cl.Cl. The Morgan fingerprint density at radius 3 is 1.85 bits per heavy atom. The maximum atomic E-state index is 11.1. The highest BCUT2D eigenvalue weighted by atomic mass is 35.5. The van der Waals surface area contributed by atoms with Crippen LogP contribution in [0.15, 0.2) is 54.6 Å². The maximum Gasteiger partial charge on any atom is 0.0942 e. The van der Waals surface area contributed by atoms with Gasteiger partial charge in [0.25, 0.3) is 0 Å². The Labute approximate surface area is 263 Å². The van der Waals surface area contributed by atoms with Gasteiger partial charge in [-0.05, 0) is 87.8 Å². The van der Waals surface area contributed by atoms with Gasteiger partial charge < -0.3 is 16.2 Å². The van der Waals surface area contributed by atoms with Crippen molar-refractivity contribution in [3.05, 3.63) is 65.7 Å². The number of likely N-dealkylation sites (tertiary alicyclic amines) is 1. The molecule has 1 heterocycles. The molecule has 0 saturated carbocycles. The summed E-state index contributed by atoms with van der Waals surface area (Å²) in [4.78, 5) is 2.47. The molecule has 2 aromatic rings. The third kappa shape index (κ3) is 14.8. The number of rotatable bonds is 18. The standard InChI is InChI=1S/C33H53N3O.3ClH/c1-28(36-25-21-30(22-26-36)27-29-15-11-10-12-16-29)33(37)31-17-19-32(20-18-31)35-24-14-9-7-5-3-2-4-6-8-13-23-34;;;/h10-12,15-20,28,30,33,35,37H,2-9,13-14,21-27,34H2,1H3;3*1H/t28-,33+;;;/m1.../s1. The maximum absolute atomic E-state index is 11.1. The van der Waals surface area contributed by atoms with Gasteiger partial charge in [-0.1, -0.05) is 93.8 Å². The minimum absolute atomic E-state index is 0. The van der Waals surface area contributed by atoms with Crippen molar-refractivity contribution in [1.29, 1.82) is 0 Å². The predicted octanol–water partition coefficient (Wildman–Crippen LogP) is 8.60. The minimum atomic E-state index is -0.444. The first kappa shape index (κ1) is 39.0. The van der Waals surface area contributed by atoms with Gasteiger partial charge in [0.1, 0.15) is 0 Å². The molecule has 1 aliphatic rings. The predicted molar refractivity (Wildman–Crippen MR) is 181 cm³/mol. The lowest BCUT2D eigenvalue weighted by Gasteiger charge is -2.38. The molecule has 0 amide bonds. The van der Waals surface area contributed by atoms with E-state index in [4.69, 9.17) is 5.73 Å². The molecule has 2 aromatic carbocycles. The zero-order chi connectivity index (χ0) is 26.1. The summed E-state index contributed by atoms with van der Waals surface area (Å²) in [6.45, 7) is 6.19. The van der Waals surface area contributed by atoms with Crippen molar-refractivity contribution in [2.75, 3.05) is 31.5 Å². The van der Waals surface area contributed by atoms with Gasteiger partial charge in [-0.25, -0.2) is 0 Å². The van der Waals surface area contributed by atoms with E-state index in [9.17, 15) is 5.11 Å². The smallest absolute Gasteiger partial charge is 0.0942 e. The summed E-state index contributed by atoms with van der Waals surface area (Å²) in [5.41, 5.74) is 9.17. The molecule has 2 atom stereocenters. The molecule has 1 aliphatic heterocycles. The van der Waals surface area contributed by atoms with Crippen LogP contribution >= 0.6 is 37.2 Å². The van der Waals surface area contributed by atoms with Crippen molar-refractivity contribution in [3.8, 4) is 0 Å². The highest BCUT2D eigenvalue weighted by molar-refractivity contribution is 5.86. The molecule has 1 fully saturated rings. The third-order valence-electron chi connectivity index (χ3n) is 8.26. The molecular formula is C33H56Cl3N3O. The second kappa shape index (κ2) is 23.5. The van der Waals surface area contributed by atoms with Crippen LogP contribution in [0.1, 0.15) is 101 Å². The molecule has 40 heavy (non-hydrogen) atoms. The summed E-state index contributed by atoms with van der Waals surface area (Å²) in [6, 6.07) is 19.4. The fraction of sp³-hybridized carbons (Fsp3) is 0.636. The molecule has 4 N–H and O–H groups in total. The van der Waals surface area contributed by atoms with Crippen LogP contribution in [-0.4, -0.2) is 42.2 Å². The molecular weight excluding hydrogens is 561 g/mol. The Kier molecular flexibility index (Phi) is 22.9. The van der Waals surface area contributed by atoms with Crippen molar-refractivity contribution < 1.29 is 5.11 Å². The fourth-order valence-corrected chi connectivity index (χ4v) is 5.70. The first-order valence-electron chi connectivity index (χ1n) is 15.2. The van der Waals surface area contributed by atoms with Gasteiger partial charge in [0.05, 0.1) is 6.10 Å². The van der Waals surface area contributed by atoms with Crippen LogP contribution in [0.2, 0.25) is 0 Å². The molecule has 0 bridgehead atoms. The van der Waals surface area contributed by atoms with Gasteiger partial charge in [-0.3, -0.25) is 4.90 Å². The van der Waals surface area contributed by atoms with E-state index in [-0.39, 0.29) is 43.3 Å². The van der Waals surface area contributed by atoms with Crippen LogP contribution in [-0.2, 0) is 6.42 Å². The molecule has 0 radical (unpaired) electrons. The average molecular weight is 617 g/mol. The summed E-state index contributed by atoms with van der Waals surface area (Å²) in [7, 11) is 0. The van der Waals surface area contributed by atoms with Gasteiger partial charge in [0.2, 0.25) is 0 Å². The van der Waals surface area contributed by atoms with E-state index in [1.54, 1.807) is 0 Å². The first-order valence-corrected chi connectivity index (χ1v) is 15.2. The van der Waals surface area contributed by atoms with Crippen LogP contribution in [0.4, 0.5) is 5.69 Å². The Morgan fingerprint density at radius 2 is 1.30 bits per heavy atom. The Hall–Kier alpha value is -1.01. The molecule has 0 spiro atoms. The van der Waals surface area contributed by atoms with E-state index in [0.29, 0.717) is 0 Å². The van der Waals surface area contributed by atoms with Crippen LogP contribution in [0.5, 0.6) is 0 Å². The summed E-state index contributed by atoms with van der Waals surface area (Å²) >= 11 is 0. The number of nitrogens with two attached hydrogens (primary N) is 1. The van der Waals surface area contributed by atoms with Crippen LogP contribution < -0.4 is 11.1 Å². The lowest BCUT2D eigenvalue weighted by Crippen LogP contribution is -2.43. The Bertz CT molecular complexity index is 833. The monoisotopic (exact) mass is 615 g/mol. The van der Waals surface area contributed by atoms with Crippen LogP contribution in [0, 0.1) is 5.92 Å². The second-order valence-corrected chi connectivity index (χ2v) is 11.2. The Balaban J connectivity index is 0.00000507. The van der Waals surface area contributed by atoms with E-state index < -0.39 is 6.10 Å². The number of hydrogen-bond acceptors (Lipinski definition) is 4. The minimum Gasteiger partial charge on any atom is -0.387 e. The quantitative estimate of drug-likeness (QED) is 0.147. The highest BCUT2D eigenvalue weighted by Crippen LogP contribution is 2.28. The number of nitrogens with zero attached hydrogens (tertiary/aromatic N) is 1. The Morgan fingerprint density at radius 1 is 0.775 bits per heavy atom. The van der Waals surface area contributed by atoms with Crippen molar-refractivity contribution >= 4 is 42.9 Å². The van der Waals surface area contributed by atoms with E-state index >= 15 is 0 Å². The van der Waals surface area contributed by atoms with Crippen molar-refractivity contribution in [2.24, 2.45) is 11.7 Å². The molecule has 4 nitrogen and oxygen atoms in total. The average Bonchev–Trinajstić information content (AvgIpc) is 2.94. The van der Waals surface area contributed by atoms with Gasteiger partial charge in [-0.15, -0.1) is 37.2 Å². The number of aliphatic hydroxyl groups is 1. The van der Waals surface area contributed by atoms with Crippen LogP contribution in [0.3, 0.4) is 0 Å². The van der Waals surface area contributed by atoms with Gasteiger partial charge >= 0.3 is 0 Å². The lowest BCUT2D eigenvalue weighted by atomic mass is 9.89. The summed E-state index contributed by atoms with van der Waals surface area (Å²) in [5, 5.41) is 14.6. The number of halogens is 3. The van der Waals surface area contributed by atoms with Gasteiger partial charge in [0, 0.05) is 18.3 Å². The van der Waals surface area contributed by atoms with E-state index in [0.717, 1.165) is 43.3 Å². The second-order valence-electron chi connectivity index (χ2n) is 11.2. The highest BCUT2D eigenvalue weighted by Gasteiger charge is 2.27. The van der Waals surface area contributed by atoms with Crippen molar-refractivity contribution in [2.45, 2.75) is 103 Å². The molecule has 1 saturated heterocycles. The molecule has 0 aromatic heterocycles. The number of nitrogens with one attached hydrogen (secondary N) is 1. The largest absolute Gasteiger partial charge is 0.387 e. The summed E-state index contributed by atoms with van der Waals surface area (Å²) in [5.74, 6) is 0.755. The zero-order valence-corrected chi connectivity index (χ0v) is 27.1. The van der Waals surface area contributed by atoms with Crippen molar-refractivity contribution in [3.63, 3.8) is 0 Å². The summed E-state index contributed by atoms with van der Waals surface area (Å²) < 4.78 is 0. The zero-order valence-electron chi connectivity index (χ0n) is 24.6. The molecule has 0 unspecified atom stereocenters. The molecule has 230 valence electrons. The molecule has 0 aliphatic carbocycles. The summed E-state index contributed by atoms with van der Waals surface area (Å²) in [6.07, 6.45) is 16.4. The fourth-order valence-electron chi connectivity index (χ4n) is 5.70. The van der Waals surface area contributed by atoms with Crippen molar-refractivity contribution in [1.82, 2.24) is 4.90 Å². The number of piperidine rings is 1. The number of anilines is 1. The van der Waals surface area contributed by atoms with Crippen LogP contribution in [0.25, 0.3) is 0 Å². The van der Waals surface area contributed by atoms with E-state index in [2.05, 4.69) is 71.7 Å². The number of benzene rings is 2. The topological polar surface area (TPSA) is 61.5 Å². The van der Waals surface area contributed by atoms with Gasteiger partial charge in [0.15, 0.2) is 0 Å².